The van der Waals surface area contributed by atoms with Gasteiger partial charge < -0.3 is 24.2 Å². The molecule has 8 nitrogen and oxygen atoms in total. The Bertz CT molecular complexity index is 1850. The third-order valence-electron chi connectivity index (χ3n) is 8.14. The number of likely N-dealkylation sites (tertiary alicyclic amines) is 1. The van der Waals surface area contributed by atoms with Crippen molar-refractivity contribution in [2.45, 2.75) is 58.0 Å². The van der Waals surface area contributed by atoms with Gasteiger partial charge in [0.05, 0.1) is 11.1 Å². The number of aromatic nitrogens is 2. The van der Waals surface area contributed by atoms with Crippen LogP contribution in [-0.2, 0) is 23.6 Å². The number of fused-ring (bicyclic) bond motifs is 1. The molecule has 3 aromatic carbocycles. The van der Waals surface area contributed by atoms with Gasteiger partial charge in [-0.3, -0.25) is 4.98 Å². The number of ether oxygens (including phenoxy) is 3. The molecule has 1 saturated heterocycles. The van der Waals surface area contributed by atoms with Crippen LogP contribution in [0.4, 0.5) is 9.18 Å². The van der Waals surface area contributed by atoms with Gasteiger partial charge in [0.2, 0.25) is 11.8 Å². The normalized spacial score (nSPS) is 14.5. The maximum absolute atomic E-state index is 16.3. The van der Waals surface area contributed by atoms with Crippen LogP contribution < -0.4 is 9.47 Å². The number of nitrogens with zero attached hydrogens (tertiary/aromatic N) is 3. The Morgan fingerprint density at radius 1 is 0.894 bits per heavy atom. The van der Waals surface area contributed by atoms with Crippen LogP contribution in [0.2, 0.25) is 0 Å². The van der Waals surface area contributed by atoms with Crippen LogP contribution in [0.25, 0.3) is 22.0 Å². The maximum atomic E-state index is 16.3. The maximum Gasteiger partial charge on any atom is 0.410 e. The number of amides is 1. The molecule has 1 aliphatic heterocycles. The van der Waals surface area contributed by atoms with Gasteiger partial charge in [-0.15, -0.1) is 0 Å². The molecule has 242 valence electrons. The zero-order valence-corrected chi connectivity index (χ0v) is 26.8. The number of benzene rings is 3. The van der Waals surface area contributed by atoms with Gasteiger partial charge in [0.1, 0.15) is 24.6 Å². The van der Waals surface area contributed by atoms with Crippen molar-refractivity contribution in [3.05, 3.63) is 120 Å². The highest BCUT2D eigenvalue weighted by Gasteiger charge is 2.39. The zero-order valence-electron chi connectivity index (χ0n) is 26.8. The van der Waals surface area contributed by atoms with Gasteiger partial charge >= 0.3 is 6.09 Å². The van der Waals surface area contributed by atoms with Crippen molar-refractivity contribution in [2.24, 2.45) is 0 Å². The van der Waals surface area contributed by atoms with Crippen molar-refractivity contribution >= 4 is 17.0 Å². The zero-order chi connectivity index (χ0) is 33.0. The van der Waals surface area contributed by atoms with Gasteiger partial charge in [-0.25, -0.2) is 9.18 Å². The smallest absolute Gasteiger partial charge is 0.410 e. The van der Waals surface area contributed by atoms with Crippen LogP contribution in [0.1, 0.15) is 50.3 Å². The van der Waals surface area contributed by atoms with Crippen LogP contribution in [0, 0.1) is 5.82 Å². The predicted molar refractivity (Wildman–Crippen MR) is 177 cm³/mol. The van der Waals surface area contributed by atoms with E-state index < -0.39 is 23.1 Å². The first kappa shape index (κ1) is 31.9. The highest BCUT2D eigenvalue weighted by molar-refractivity contribution is 5.86. The molecule has 47 heavy (non-hydrogen) atoms. The molecule has 0 bridgehead atoms. The minimum Gasteiger partial charge on any atom is -0.473 e. The Hall–Kier alpha value is -5.02. The summed E-state index contributed by atoms with van der Waals surface area (Å²) in [5.41, 5.74) is 1.75. The molecule has 5 aromatic rings. The lowest BCUT2D eigenvalue weighted by atomic mass is 9.83. The fourth-order valence-electron chi connectivity index (χ4n) is 5.62. The van der Waals surface area contributed by atoms with E-state index in [0.717, 1.165) is 11.1 Å². The van der Waals surface area contributed by atoms with E-state index in [4.69, 9.17) is 14.2 Å². The molecule has 0 spiro atoms. The van der Waals surface area contributed by atoms with Crippen molar-refractivity contribution in [1.82, 2.24) is 14.9 Å². The number of carbonyl (C=O) groups is 1. The summed E-state index contributed by atoms with van der Waals surface area (Å²) >= 11 is 0. The molecule has 6 rings (SSSR count). The number of hydrogen-bond donors (Lipinski definition) is 1. The van der Waals surface area contributed by atoms with Gasteiger partial charge in [0.15, 0.2) is 0 Å². The van der Waals surface area contributed by atoms with Crippen molar-refractivity contribution in [3.63, 3.8) is 0 Å². The SMILES string of the molecule is CC(C)(C)OC(=O)N1CCC(O)(c2ccc3ncc(-c4ccc(OCc5ccccc5)nc4OCc4ccccc4)cc3c2F)CC1. The number of rotatable bonds is 8. The monoisotopic (exact) mass is 635 g/mol. The van der Waals surface area contributed by atoms with E-state index in [2.05, 4.69) is 9.97 Å². The van der Waals surface area contributed by atoms with Gasteiger partial charge in [-0.1, -0.05) is 66.7 Å². The second kappa shape index (κ2) is 13.4. The van der Waals surface area contributed by atoms with Crippen molar-refractivity contribution < 1.29 is 28.5 Å². The lowest BCUT2D eigenvalue weighted by Gasteiger charge is -2.39. The molecular formula is C38H38FN3O5. The molecule has 0 radical (unpaired) electrons. The molecule has 3 heterocycles. The summed E-state index contributed by atoms with van der Waals surface area (Å²) in [4.78, 5) is 23.3. The second-order valence-electron chi connectivity index (χ2n) is 12.8. The Labute approximate surface area is 273 Å². The van der Waals surface area contributed by atoms with E-state index in [1.807, 2.05) is 66.7 Å². The van der Waals surface area contributed by atoms with Crippen molar-refractivity contribution in [3.8, 4) is 22.9 Å². The fourth-order valence-corrected chi connectivity index (χ4v) is 5.62. The highest BCUT2D eigenvalue weighted by atomic mass is 19.1. The fraction of sp³-hybridized carbons (Fsp3) is 0.289. The molecular weight excluding hydrogens is 597 g/mol. The molecule has 0 unspecified atom stereocenters. The molecule has 0 aliphatic carbocycles. The number of halogens is 1. The quantitative estimate of drug-likeness (QED) is 0.186. The number of pyridine rings is 2. The van der Waals surface area contributed by atoms with E-state index in [1.165, 1.54) is 0 Å². The van der Waals surface area contributed by atoms with Crippen molar-refractivity contribution in [2.75, 3.05) is 13.1 Å². The van der Waals surface area contributed by atoms with E-state index in [-0.39, 0.29) is 43.5 Å². The summed E-state index contributed by atoms with van der Waals surface area (Å²) in [6, 6.07) is 28.1. The standard InChI is InChI=1S/C38H38FN3O5/c1-37(2,3)47-36(43)42-20-18-38(44,19-21-42)31-15-16-32-30(34(31)39)22-28(23-40-32)29-14-17-33(45-24-26-10-6-4-7-11-26)41-35(29)46-25-27-12-8-5-9-13-27/h4-17,22-23,44H,18-21,24-25H2,1-3H3. The number of hydrogen-bond acceptors (Lipinski definition) is 7. The summed E-state index contributed by atoms with van der Waals surface area (Å²) in [5, 5.41) is 11.9. The lowest BCUT2D eigenvalue weighted by Crippen LogP contribution is -2.47. The van der Waals surface area contributed by atoms with E-state index >= 15 is 4.39 Å². The summed E-state index contributed by atoms with van der Waals surface area (Å²) in [6.07, 6.45) is 1.57. The van der Waals surface area contributed by atoms with Crippen LogP contribution in [-0.4, -0.2) is 44.8 Å². The summed E-state index contributed by atoms with van der Waals surface area (Å²) < 4.78 is 34.0. The molecule has 2 aromatic heterocycles. The van der Waals surface area contributed by atoms with Crippen LogP contribution in [0.5, 0.6) is 11.8 Å². The minimum atomic E-state index is -1.45. The van der Waals surface area contributed by atoms with Gasteiger partial charge in [0, 0.05) is 47.4 Å². The second-order valence-corrected chi connectivity index (χ2v) is 12.8. The van der Waals surface area contributed by atoms with Gasteiger partial charge in [0.25, 0.3) is 0 Å². The third-order valence-corrected chi connectivity index (χ3v) is 8.14. The number of piperidine rings is 1. The van der Waals surface area contributed by atoms with Crippen LogP contribution >= 0.6 is 0 Å². The van der Waals surface area contributed by atoms with E-state index in [9.17, 15) is 9.90 Å². The Morgan fingerprint density at radius 3 is 2.17 bits per heavy atom. The minimum absolute atomic E-state index is 0.174. The first-order valence-electron chi connectivity index (χ1n) is 15.7. The predicted octanol–water partition coefficient (Wildman–Crippen LogP) is 7.81. The Kier molecular flexibility index (Phi) is 9.09. The van der Waals surface area contributed by atoms with Gasteiger partial charge in [-0.2, -0.15) is 4.98 Å². The Morgan fingerprint density at radius 2 is 1.53 bits per heavy atom. The Balaban J connectivity index is 1.28. The molecule has 1 aliphatic rings. The highest BCUT2D eigenvalue weighted by Crippen LogP contribution is 2.39. The molecule has 0 saturated carbocycles. The first-order valence-corrected chi connectivity index (χ1v) is 15.7. The number of aliphatic hydroxyl groups is 1. The van der Waals surface area contributed by atoms with Crippen LogP contribution in [0.15, 0.2) is 97.2 Å². The lowest BCUT2D eigenvalue weighted by molar-refractivity contribution is -0.0373. The summed E-state index contributed by atoms with van der Waals surface area (Å²) in [6.45, 7) is 6.52. The topological polar surface area (TPSA) is 94.0 Å². The molecule has 0 atom stereocenters. The largest absolute Gasteiger partial charge is 0.473 e. The van der Waals surface area contributed by atoms with Crippen LogP contribution in [0.3, 0.4) is 0 Å². The first-order chi connectivity index (χ1) is 22.6. The van der Waals surface area contributed by atoms with Gasteiger partial charge in [-0.05, 0) is 62.9 Å². The summed E-state index contributed by atoms with van der Waals surface area (Å²) in [7, 11) is 0. The van der Waals surface area contributed by atoms with E-state index in [0.29, 0.717) is 35.0 Å². The third kappa shape index (κ3) is 7.52. The molecule has 1 fully saturated rings. The molecule has 1 amide bonds. The number of carbonyl (C=O) groups excluding carboxylic acids is 1. The molecule has 9 heteroatoms. The van der Waals surface area contributed by atoms with Crippen molar-refractivity contribution in [1.29, 1.82) is 0 Å². The molecule has 1 N–H and O–H groups in total. The average molecular weight is 636 g/mol. The van der Waals surface area contributed by atoms with E-state index in [1.54, 1.807) is 56.1 Å². The average Bonchev–Trinajstić information content (AvgIpc) is 3.07. The summed E-state index contributed by atoms with van der Waals surface area (Å²) in [5.74, 6) is 0.167.